The van der Waals surface area contributed by atoms with Crippen molar-refractivity contribution in [1.82, 2.24) is 15.0 Å². The van der Waals surface area contributed by atoms with Crippen molar-refractivity contribution in [1.29, 1.82) is 0 Å². The van der Waals surface area contributed by atoms with Gasteiger partial charge in [-0.1, -0.05) is 62.4 Å². The minimum Gasteiger partial charge on any atom is -0.459 e. The van der Waals surface area contributed by atoms with Crippen molar-refractivity contribution >= 4 is 16.9 Å². The fourth-order valence-corrected chi connectivity index (χ4v) is 2.56. The Morgan fingerprint density at radius 3 is 2.46 bits per heavy atom. The van der Waals surface area contributed by atoms with Crippen LogP contribution in [-0.4, -0.2) is 21.0 Å². The molecular formula is C20H21N3O3. The van der Waals surface area contributed by atoms with Crippen molar-refractivity contribution in [3.8, 4) is 0 Å². The van der Waals surface area contributed by atoms with Gasteiger partial charge in [-0.2, -0.15) is 4.68 Å². The summed E-state index contributed by atoms with van der Waals surface area (Å²) in [5.74, 6) is -0.531. The standard InChI is InChI=1S/C20H21N3O3/c1-20(2,3)15-10-8-14(9-11-15)13-26-18(24)12-23-19(25)16-6-4-5-7-17(16)21-22-23/h4-11H,12-13H2,1-3H3. The summed E-state index contributed by atoms with van der Waals surface area (Å²) in [6.07, 6.45) is 0. The number of hydrogen-bond donors (Lipinski definition) is 0. The average molecular weight is 351 g/mol. The van der Waals surface area contributed by atoms with Crippen LogP contribution in [0, 0.1) is 0 Å². The smallest absolute Gasteiger partial charge is 0.328 e. The van der Waals surface area contributed by atoms with Gasteiger partial charge in [0, 0.05) is 0 Å². The molecular weight excluding hydrogens is 330 g/mol. The summed E-state index contributed by atoms with van der Waals surface area (Å²) in [5.41, 5.74) is 2.32. The van der Waals surface area contributed by atoms with E-state index >= 15 is 0 Å². The van der Waals surface area contributed by atoms with Gasteiger partial charge in [0.15, 0.2) is 0 Å². The van der Waals surface area contributed by atoms with Crippen LogP contribution in [0.2, 0.25) is 0 Å². The van der Waals surface area contributed by atoms with Crippen LogP contribution in [0.1, 0.15) is 31.9 Å². The van der Waals surface area contributed by atoms with Gasteiger partial charge in [-0.15, -0.1) is 5.10 Å². The molecule has 3 rings (SSSR count). The molecule has 0 bridgehead atoms. The minimum atomic E-state index is -0.531. The fraction of sp³-hybridized carbons (Fsp3) is 0.300. The zero-order valence-electron chi connectivity index (χ0n) is 15.1. The molecule has 0 atom stereocenters. The summed E-state index contributed by atoms with van der Waals surface area (Å²) in [4.78, 5) is 24.4. The van der Waals surface area contributed by atoms with Crippen molar-refractivity contribution in [2.45, 2.75) is 39.3 Å². The monoisotopic (exact) mass is 351 g/mol. The zero-order chi connectivity index (χ0) is 18.7. The number of carbonyl (C=O) groups is 1. The first-order valence-electron chi connectivity index (χ1n) is 8.42. The van der Waals surface area contributed by atoms with E-state index in [-0.39, 0.29) is 24.1 Å². The van der Waals surface area contributed by atoms with Crippen LogP contribution in [0.3, 0.4) is 0 Å². The molecule has 6 nitrogen and oxygen atoms in total. The predicted octanol–water partition coefficient (Wildman–Crippen LogP) is 2.83. The van der Waals surface area contributed by atoms with Crippen LogP contribution in [0.5, 0.6) is 0 Å². The first-order chi connectivity index (χ1) is 12.3. The Bertz CT molecular complexity index is 986. The van der Waals surface area contributed by atoms with Gasteiger partial charge in [-0.3, -0.25) is 9.59 Å². The SMILES string of the molecule is CC(C)(C)c1ccc(COC(=O)Cn2nnc3ccccc3c2=O)cc1. The Morgan fingerprint density at radius 2 is 1.77 bits per heavy atom. The minimum absolute atomic E-state index is 0.0745. The molecule has 0 radical (unpaired) electrons. The van der Waals surface area contributed by atoms with Gasteiger partial charge in [-0.05, 0) is 28.7 Å². The second kappa shape index (κ2) is 7.07. The van der Waals surface area contributed by atoms with Crippen molar-refractivity contribution < 1.29 is 9.53 Å². The van der Waals surface area contributed by atoms with Crippen LogP contribution in [0.15, 0.2) is 53.3 Å². The quantitative estimate of drug-likeness (QED) is 0.676. The molecule has 3 aromatic rings. The molecule has 6 heteroatoms. The lowest BCUT2D eigenvalue weighted by Crippen LogP contribution is -2.28. The van der Waals surface area contributed by atoms with Crippen LogP contribution in [0.25, 0.3) is 10.9 Å². The number of rotatable bonds is 4. The number of nitrogens with zero attached hydrogens (tertiary/aromatic N) is 3. The van der Waals surface area contributed by atoms with Crippen LogP contribution in [0.4, 0.5) is 0 Å². The average Bonchev–Trinajstić information content (AvgIpc) is 2.62. The maximum absolute atomic E-state index is 12.3. The first-order valence-corrected chi connectivity index (χ1v) is 8.42. The van der Waals surface area contributed by atoms with Gasteiger partial charge in [0.1, 0.15) is 18.7 Å². The van der Waals surface area contributed by atoms with Crippen LogP contribution in [-0.2, 0) is 28.1 Å². The maximum Gasteiger partial charge on any atom is 0.328 e. The molecule has 0 unspecified atom stereocenters. The number of ether oxygens (including phenoxy) is 1. The van der Waals surface area contributed by atoms with E-state index in [9.17, 15) is 9.59 Å². The summed E-state index contributed by atoms with van der Waals surface area (Å²) >= 11 is 0. The van der Waals surface area contributed by atoms with E-state index in [0.29, 0.717) is 10.9 Å². The van der Waals surface area contributed by atoms with E-state index in [2.05, 4.69) is 31.1 Å². The van der Waals surface area contributed by atoms with Crippen molar-refractivity contribution in [2.24, 2.45) is 0 Å². The lowest BCUT2D eigenvalue weighted by molar-refractivity contribution is -0.146. The third-order valence-corrected chi connectivity index (χ3v) is 4.13. The molecule has 0 saturated heterocycles. The van der Waals surface area contributed by atoms with E-state index in [1.807, 2.05) is 24.3 Å². The second-order valence-corrected chi connectivity index (χ2v) is 7.18. The molecule has 2 aromatic carbocycles. The number of carbonyl (C=O) groups excluding carboxylic acids is 1. The largest absolute Gasteiger partial charge is 0.459 e. The lowest BCUT2D eigenvalue weighted by Gasteiger charge is -2.19. The first kappa shape index (κ1) is 17.8. The van der Waals surface area contributed by atoms with Gasteiger partial charge in [-0.25, -0.2) is 0 Å². The highest BCUT2D eigenvalue weighted by Gasteiger charge is 2.14. The van der Waals surface area contributed by atoms with E-state index in [1.54, 1.807) is 24.3 Å². The number of hydrogen-bond acceptors (Lipinski definition) is 5. The van der Waals surface area contributed by atoms with Gasteiger partial charge in [0.25, 0.3) is 5.56 Å². The summed E-state index contributed by atoms with van der Waals surface area (Å²) in [5, 5.41) is 8.17. The van der Waals surface area contributed by atoms with E-state index in [0.717, 1.165) is 10.2 Å². The molecule has 1 aromatic heterocycles. The van der Waals surface area contributed by atoms with E-state index in [1.165, 1.54) is 5.56 Å². The predicted molar refractivity (Wildman–Crippen MR) is 98.7 cm³/mol. The summed E-state index contributed by atoms with van der Waals surface area (Å²) in [6.45, 7) is 6.31. The molecule has 0 spiro atoms. The Labute approximate surface area is 151 Å². The maximum atomic E-state index is 12.3. The van der Waals surface area contributed by atoms with Crippen molar-refractivity contribution in [3.63, 3.8) is 0 Å². The van der Waals surface area contributed by atoms with E-state index < -0.39 is 5.97 Å². The Balaban J connectivity index is 1.64. The summed E-state index contributed by atoms with van der Waals surface area (Å²) in [6, 6.07) is 14.8. The molecule has 0 amide bonds. The Kier molecular flexibility index (Phi) is 4.84. The molecule has 26 heavy (non-hydrogen) atoms. The van der Waals surface area contributed by atoms with Crippen LogP contribution < -0.4 is 5.56 Å². The molecule has 0 aliphatic heterocycles. The second-order valence-electron chi connectivity index (χ2n) is 7.18. The van der Waals surface area contributed by atoms with Crippen LogP contribution >= 0.6 is 0 Å². The van der Waals surface area contributed by atoms with Gasteiger partial charge < -0.3 is 4.74 Å². The lowest BCUT2D eigenvalue weighted by atomic mass is 9.87. The highest BCUT2D eigenvalue weighted by Crippen LogP contribution is 2.22. The molecule has 1 heterocycles. The normalized spacial score (nSPS) is 11.5. The topological polar surface area (TPSA) is 74.1 Å². The highest BCUT2D eigenvalue weighted by atomic mass is 16.5. The number of fused-ring (bicyclic) bond motifs is 1. The number of esters is 1. The molecule has 134 valence electrons. The molecule has 0 fully saturated rings. The van der Waals surface area contributed by atoms with Gasteiger partial charge in [0.2, 0.25) is 0 Å². The third-order valence-electron chi connectivity index (χ3n) is 4.13. The molecule has 0 aliphatic rings. The number of aromatic nitrogens is 3. The van der Waals surface area contributed by atoms with Crippen molar-refractivity contribution in [2.75, 3.05) is 0 Å². The summed E-state index contributed by atoms with van der Waals surface area (Å²) in [7, 11) is 0. The molecule has 0 N–H and O–H groups in total. The van der Waals surface area contributed by atoms with E-state index in [4.69, 9.17) is 4.74 Å². The third kappa shape index (κ3) is 3.96. The Hall–Kier alpha value is -3.02. The summed E-state index contributed by atoms with van der Waals surface area (Å²) < 4.78 is 6.28. The number of benzene rings is 2. The van der Waals surface area contributed by atoms with Gasteiger partial charge in [0.05, 0.1) is 5.39 Å². The zero-order valence-corrected chi connectivity index (χ0v) is 15.1. The fourth-order valence-electron chi connectivity index (χ4n) is 2.56. The van der Waals surface area contributed by atoms with Crippen molar-refractivity contribution in [3.05, 3.63) is 70.0 Å². The Morgan fingerprint density at radius 1 is 1.08 bits per heavy atom. The van der Waals surface area contributed by atoms with Gasteiger partial charge >= 0.3 is 5.97 Å². The molecule has 0 saturated carbocycles. The molecule has 0 aliphatic carbocycles. The highest BCUT2D eigenvalue weighted by molar-refractivity contribution is 5.77.